The third kappa shape index (κ3) is 5.17. The predicted molar refractivity (Wildman–Crippen MR) is 156 cm³/mol. The number of halogens is 1. The third-order valence-electron chi connectivity index (χ3n) is 7.61. The molecule has 1 unspecified atom stereocenters. The molecule has 3 aromatic carbocycles. The highest BCUT2D eigenvalue weighted by Crippen LogP contribution is 2.30. The van der Waals surface area contributed by atoms with Crippen LogP contribution in [0.3, 0.4) is 0 Å². The first kappa shape index (κ1) is 26.0. The van der Waals surface area contributed by atoms with Crippen molar-refractivity contribution in [2.24, 2.45) is 0 Å². The number of hydrogen-bond acceptors (Lipinski definition) is 6. The maximum Gasteiger partial charge on any atom is 0.262 e. The molecule has 0 bridgehead atoms. The molecule has 7 nitrogen and oxygen atoms in total. The van der Waals surface area contributed by atoms with Crippen LogP contribution < -0.4 is 10.9 Å². The Morgan fingerprint density at radius 3 is 2.50 bits per heavy atom. The molecular formula is C31H28FN5O2S. The molecule has 1 aliphatic heterocycles. The van der Waals surface area contributed by atoms with Gasteiger partial charge in [0.05, 0.1) is 17.2 Å². The standard InChI is InChI=1S/C31H28FN5O2S/c1-36-15-12-22(13-16-36)20-6-8-21(9-7-20)23-10-11-27-25(18-23)30(39)37(19-34-27)28(24-4-2-3-5-26(24)32)29(38)35-31-33-14-17-40-31/h2-11,14,17-19,22,28H,12-13,15-16H2,1H3,(H,33,35,38). The van der Waals surface area contributed by atoms with Crippen molar-refractivity contribution in [2.75, 3.05) is 25.5 Å². The van der Waals surface area contributed by atoms with Crippen molar-refractivity contribution in [3.8, 4) is 11.1 Å². The van der Waals surface area contributed by atoms with Gasteiger partial charge in [-0.3, -0.25) is 19.5 Å². The van der Waals surface area contributed by atoms with Gasteiger partial charge in [0.2, 0.25) is 0 Å². The lowest BCUT2D eigenvalue weighted by molar-refractivity contribution is -0.118. The molecule has 1 aliphatic rings. The molecule has 0 saturated carbocycles. The minimum absolute atomic E-state index is 0.0699. The molecule has 40 heavy (non-hydrogen) atoms. The highest BCUT2D eigenvalue weighted by atomic mass is 32.1. The number of hydrogen-bond donors (Lipinski definition) is 1. The van der Waals surface area contributed by atoms with Gasteiger partial charge >= 0.3 is 0 Å². The van der Waals surface area contributed by atoms with Gasteiger partial charge in [-0.1, -0.05) is 48.5 Å². The number of nitrogens with one attached hydrogen (secondary N) is 1. The molecule has 3 heterocycles. The number of piperidine rings is 1. The van der Waals surface area contributed by atoms with E-state index in [0.717, 1.165) is 37.1 Å². The monoisotopic (exact) mass is 553 g/mol. The van der Waals surface area contributed by atoms with Gasteiger partial charge < -0.3 is 4.90 Å². The SMILES string of the molecule is CN1CCC(c2ccc(-c3ccc4ncn(C(C(=O)Nc5nccs5)c5ccccc5F)c(=O)c4c3)cc2)CC1. The normalized spacial score (nSPS) is 15.2. The fraction of sp³-hybridized carbons (Fsp3) is 0.226. The topological polar surface area (TPSA) is 80.1 Å². The molecule has 9 heteroatoms. The van der Waals surface area contributed by atoms with Crippen molar-refractivity contribution in [1.29, 1.82) is 0 Å². The molecule has 5 aromatic rings. The number of nitrogens with zero attached hydrogens (tertiary/aromatic N) is 4. The van der Waals surface area contributed by atoms with Crippen molar-refractivity contribution in [3.63, 3.8) is 0 Å². The van der Waals surface area contributed by atoms with E-state index in [9.17, 15) is 14.0 Å². The maximum absolute atomic E-state index is 15.0. The Morgan fingerprint density at radius 1 is 1.02 bits per heavy atom. The fourth-order valence-electron chi connectivity index (χ4n) is 5.36. The van der Waals surface area contributed by atoms with Crippen LogP contribution in [0.25, 0.3) is 22.0 Å². The van der Waals surface area contributed by atoms with Gasteiger partial charge in [0.25, 0.3) is 11.5 Å². The van der Waals surface area contributed by atoms with Crippen molar-refractivity contribution >= 4 is 33.3 Å². The van der Waals surface area contributed by atoms with E-state index in [4.69, 9.17) is 0 Å². The quantitative estimate of drug-likeness (QED) is 0.292. The van der Waals surface area contributed by atoms with E-state index in [2.05, 4.69) is 51.5 Å². The van der Waals surface area contributed by atoms with Crippen LogP contribution in [0.1, 0.15) is 35.9 Å². The van der Waals surface area contributed by atoms with Gasteiger partial charge in [0.15, 0.2) is 5.13 Å². The number of thiazole rings is 1. The van der Waals surface area contributed by atoms with E-state index in [0.29, 0.717) is 22.0 Å². The maximum atomic E-state index is 15.0. The number of rotatable bonds is 6. The second kappa shape index (κ2) is 11.1. The summed E-state index contributed by atoms with van der Waals surface area (Å²) in [6.45, 7) is 2.21. The Balaban J connectivity index is 1.37. The van der Waals surface area contributed by atoms with E-state index in [1.807, 2.05) is 6.07 Å². The average molecular weight is 554 g/mol. The van der Waals surface area contributed by atoms with Gasteiger partial charge in [-0.25, -0.2) is 14.4 Å². The van der Waals surface area contributed by atoms with Gasteiger partial charge in [-0.15, -0.1) is 11.3 Å². The molecule has 0 aliphatic carbocycles. The minimum Gasteiger partial charge on any atom is -0.306 e. The van der Waals surface area contributed by atoms with Crippen LogP contribution in [-0.4, -0.2) is 45.5 Å². The summed E-state index contributed by atoms with van der Waals surface area (Å²) in [6.07, 6.45) is 5.16. The summed E-state index contributed by atoms with van der Waals surface area (Å²) >= 11 is 1.24. The number of fused-ring (bicyclic) bond motifs is 1. The van der Waals surface area contributed by atoms with Gasteiger partial charge in [-0.2, -0.15) is 0 Å². The zero-order valence-electron chi connectivity index (χ0n) is 22.0. The van der Waals surface area contributed by atoms with Gasteiger partial charge in [-0.05, 0) is 73.8 Å². The minimum atomic E-state index is -1.27. The second-order valence-corrected chi connectivity index (χ2v) is 11.0. The summed E-state index contributed by atoms with van der Waals surface area (Å²) in [5.41, 5.74) is 3.33. The van der Waals surface area contributed by atoms with E-state index in [1.54, 1.807) is 35.8 Å². The number of carbonyl (C=O) groups excluding carboxylic acids is 1. The molecule has 6 rings (SSSR count). The van der Waals surface area contributed by atoms with Crippen LogP contribution in [0, 0.1) is 5.82 Å². The number of anilines is 1. The summed E-state index contributed by atoms with van der Waals surface area (Å²) in [4.78, 5) is 38.2. The summed E-state index contributed by atoms with van der Waals surface area (Å²) in [5, 5.41) is 5.14. The number of aromatic nitrogens is 3. The molecule has 202 valence electrons. The Kier molecular flexibility index (Phi) is 7.23. The van der Waals surface area contributed by atoms with E-state index >= 15 is 0 Å². The first-order valence-electron chi connectivity index (χ1n) is 13.2. The molecule has 0 spiro atoms. The molecule has 1 atom stereocenters. The number of amides is 1. The summed E-state index contributed by atoms with van der Waals surface area (Å²) in [5.74, 6) is -0.611. The fourth-order valence-corrected chi connectivity index (χ4v) is 5.89. The Bertz CT molecular complexity index is 1710. The molecule has 0 radical (unpaired) electrons. The lowest BCUT2D eigenvalue weighted by Crippen LogP contribution is -2.35. The van der Waals surface area contributed by atoms with Crippen LogP contribution in [0.5, 0.6) is 0 Å². The van der Waals surface area contributed by atoms with E-state index in [-0.39, 0.29) is 5.56 Å². The van der Waals surface area contributed by atoms with Crippen molar-refractivity contribution in [3.05, 3.63) is 112 Å². The Hall–Kier alpha value is -4.21. The number of likely N-dealkylation sites (tertiary alicyclic amines) is 1. The average Bonchev–Trinajstić information content (AvgIpc) is 3.49. The second-order valence-electron chi connectivity index (χ2n) is 10.1. The number of benzene rings is 3. The smallest absolute Gasteiger partial charge is 0.262 e. The summed E-state index contributed by atoms with van der Waals surface area (Å²) in [6, 6.07) is 18.7. The third-order valence-corrected chi connectivity index (χ3v) is 8.29. The zero-order chi connectivity index (χ0) is 27.6. The largest absolute Gasteiger partial charge is 0.306 e. The van der Waals surface area contributed by atoms with Gasteiger partial charge in [0.1, 0.15) is 11.9 Å². The van der Waals surface area contributed by atoms with Crippen LogP contribution >= 0.6 is 11.3 Å². The van der Waals surface area contributed by atoms with Crippen molar-refractivity contribution < 1.29 is 9.18 Å². The van der Waals surface area contributed by atoms with Crippen LogP contribution in [0.4, 0.5) is 9.52 Å². The first-order chi connectivity index (χ1) is 19.5. The molecule has 1 N–H and O–H groups in total. The van der Waals surface area contributed by atoms with Gasteiger partial charge in [0, 0.05) is 17.1 Å². The summed E-state index contributed by atoms with van der Waals surface area (Å²) in [7, 11) is 2.16. The first-order valence-corrected chi connectivity index (χ1v) is 14.1. The van der Waals surface area contributed by atoms with Crippen LogP contribution in [0.15, 0.2) is 89.4 Å². The van der Waals surface area contributed by atoms with E-state index in [1.165, 1.54) is 39.9 Å². The zero-order valence-corrected chi connectivity index (χ0v) is 22.8. The molecule has 1 saturated heterocycles. The van der Waals surface area contributed by atoms with Crippen LogP contribution in [-0.2, 0) is 4.79 Å². The number of carbonyl (C=O) groups is 1. The molecule has 2 aromatic heterocycles. The van der Waals surface area contributed by atoms with Crippen LogP contribution in [0.2, 0.25) is 0 Å². The highest BCUT2D eigenvalue weighted by molar-refractivity contribution is 7.13. The lowest BCUT2D eigenvalue weighted by Gasteiger charge is -2.29. The molecule has 1 fully saturated rings. The Labute approximate surface area is 235 Å². The summed E-state index contributed by atoms with van der Waals surface area (Å²) < 4.78 is 16.1. The lowest BCUT2D eigenvalue weighted by atomic mass is 9.88. The molecular weight excluding hydrogens is 525 g/mol. The predicted octanol–water partition coefficient (Wildman–Crippen LogP) is 5.70. The van der Waals surface area contributed by atoms with E-state index < -0.39 is 23.3 Å². The Morgan fingerprint density at radius 2 is 1.77 bits per heavy atom. The highest BCUT2D eigenvalue weighted by Gasteiger charge is 2.28. The van der Waals surface area contributed by atoms with Crippen molar-refractivity contribution in [2.45, 2.75) is 24.8 Å². The molecule has 1 amide bonds. The van der Waals surface area contributed by atoms with Crippen molar-refractivity contribution in [1.82, 2.24) is 19.4 Å².